The third kappa shape index (κ3) is 3.73. The zero-order chi connectivity index (χ0) is 13.0. The second kappa shape index (κ2) is 6.08. The molecule has 0 aromatic carbocycles. The number of nitrogens with zero attached hydrogens (tertiary/aromatic N) is 2. The average Bonchev–Trinajstić information content (AvgIpc) is 2.74. The zero-order valence-electron chi connectivity index (χ0n) is 10.7. The van der Waals surface area contributed by atoms with Gasteiger partial charge in [0.05, 0.1) is 0 Å². The first-order chi connectivity index (χ1) is 8.61. The average molecular weight is 288 g/mol. The predicted octanol–water partition coefficient (Wildman–Crippen LogP) is 2.97. The zero-order valence-corrected chi connectivity index (χ0v) is 12.3. The molecule has 1 atom stereocenters. The van der Waals surface area contributed by atoms with Crippen molar-refractivity contribution in [3.63, 3.8) is 0 Å². The lowest BCUT2D eigenvalue weighted by Gasteiger charge is -2.23. The molecule has 1 aromatic rings. The Hall–Kier alpha value is -0.520. The Balaban J connectivity index is 2.00. The minimum Gasteiger partial charge on any atom is -0.377 e. The fourth-order valence-electron chi connectivity index (χ4n) is 2.00. The highest BCUT2D eigenvalue weighted by Crippen LogP contribution is 2.37. The summed E-state index contributed by atoms with van der Waals surface area (Å²) in [6.45, 7) is 3.56. The summed E-state index contributed by atoms with van der Waals surface area (Å²) in [6.07, 6.45) is 2.54. The van der Waals surface area contributed by atoms with E-state index in [1.807, 2.05) is 11.8 Å². The molecule has 1 saturated heterocycles. The molecule has 4 nitrogen and oxygen atoms in total. The lowest BCUT2D eigenvalue weighted by molar-refractivity contribution is 0.178. The molecule has 0 amide bonds. The third-order valence-corrected chi connectivity index (χ3v) is 4.69. The molecule has 1 unspecified atom stereocenters. The second-order valence-electron chi connectivity index (χ2n) is 4.68. The van der Waals surface area contributed by atoms with E-state index in [2.05, 4.69) is 22.2 Å². The number of nitrogens with one attached hydrogen (secondary N) is 1. The van der Waals surface area contributed by atoms with Crippen LogP contribution in [0.2, 0.25) is 5.15 Å². The Bertz CT molecular complexity index is 410. The molecule has 1 aliphatic rings. The van der Waals surface area contributed by atoms with Crippen molar-refractivity contribution >= 4 is 29.2 Å². The van der Waals surface area contributed by atoms with E-state index in [0.717, 1.165) is 12.4 Å². The normalized spacial score (nSPS) is 23.3. The molecule has 18 heavy (non-hydrogen) atoms. The topological polar surface area (TPSA) is 47.0 Å². The summed E-state index contributed by atoms with van der Waals surface area (Å²) in [5.74, 6) is 2.63. The van der Waals surface area contributed by atoms with E-state index in [-0.39, 0.29) is 0 Å². The predicted molar refractivity (Wildman–Crippen MR) is 76.3 cm³/mol. The van der Waals surface area contributed by atoms with Crippen LogP contribution < -0.4 is 5.32 Å². The van der Waals surface area contributed by atoms with E-state index in [1.54, 1.807) is 13.2 Å². The van der Waals surface area contributed by atoms with Gasteiger partial charge < -0.3 is 10.1 Å². The molecule has 1 aliphatic heterocycles. The minimum absolute atomic E-state index is 0.304. The van der Waals surface area contributed by atoms with E-state index >= 15 is 0 Å². The molecule has 2 heterocycles. The number of thioether (sulfide) groups is 1. The van der Waals surface area contributed by atoms with Crippen molar-refractivity contribution in [2.75, 3.05) is 24.7 Å². The Kier molecular flexibility index (Phi) is 4.70. The van der Waals surface area contributed by atoms with Crippen LogP contribution >= 0.6 is 23.4 Å². The van der Waals surface area contributed by atoms with Crippen molar-refractivity contribution in [2.45, 2.75) is 31.1 Å². The molecule has 0 radical (unpaired) electrons. The third-order valence-electron chi connectivity index (χ3n) is 2.96. The molecule has 1 N–H and O–H groups in total. The van der Waals surface area contributed by atoms with Crippen molar-refractivity contribution in [1.82, 2.24) is 9.97 Å². The van der Waals surface area contributed by atoms with E-state index in [9.17, 15) is 0 Å². The number of methoxy groups -OCH3 is 1. The summed E-state index contributed by atoms with van der Waals surface area (Å²) in [7, 11) is 1.62. The molecule has 2 rings (SSSR count). The number of anilines is 1. The monoisotopic (exact) mass is 287 g/mol. The number of aromatic nitrogens is 2. The maximum Gasteiger partial charge on any atom is 0.158 e. The summed E-state index contributed by atoms with van der Waals surface area (Å²) in [5, 5.41) is 3.80. The Labute approximate surface area is 117 Å². The summed E-state index contributed by atoms with van der Waals surface area (Å²) in [5.41, 5.74) is 0. The number of rotatable bonds is 5. The van der Waals surface area contributed by atoms with Crippen LogP contribution in [0.4, 0.5) is 5.82 Å². The van der Waals surface area contributed by atoms with Crippen molar-refractivity contribution in [3.8, 4) is 0 Å². The fourth-order valence-corrected chi connectivity index (χ4v) is 3.45. The fraction of sp³-hybridized carbons (Fsp3) is 0.667. The molecule has 0 saturated carbocycles. The molecule has 0 bridgehead atoms. The van der Waals surface area contributed by atoms with Crippen LogP contribution in [0.15, 0.2) is 6.07 Å². The number of hydrogen-bond donors (Lipinski definition) is 1. The van der Waals surface area contributed by atoms with Gasteiger partial charge in [-0.3, -0.25) is 0 Å². The van der Waals surface area contributed by atoms with Crippen LogP contribution in [0.3, 0.4) is 0 Å². The molecular formula is C12H18ClN3OS. The first-order valence-electron chi connectivity index (χ1n) is 6.01. The molecule has 100 valence electrons. The van der Waals surface area contributed by atoms with Crippen LogP contribution in [-0.4, -0.2) is 34.1 Å². The Morgan fingerprint density at radius 3 is 3.06 bits per heavy atom. The lowest BCUT2D eigenvalue weighted by atomic mass is 10.1. The summed E-state index contributed by atoms with van der Waals surface area (Å²) in [4.78, 5) is 8.48. The second-order valence-corrected chi connectivity index (χ2v) is 6.75. The van der Waals surface area contributed by atoms with Crippen molar-refractivity contribution < 1.29 is 4.74 Å². The van der Waals surface area contributed by atoms with Gasteiger partial charge in [-0.2, -0.15) is 11.8 Å². The molecule has 1 fully saturated rings. The van der Waals surface area contributed by atoms with Gasteiger partial charge in [0.2, 0.25) is 0 Å². The van der Waals surface area contributed by atoms with Gasteiger partial charge in [0.15, 0.2) is 5.82 Å². The highest BCUT2D eigenvalue weighted by molar-refractivity contribution is 8.00. The van der Waals surface area contributed by atoms with E-state index in [0.29, 0.717) is 22.3 Å². The van der Waals surface area contributed by atoms with Gasteiger partial charge in [-0.25, -0.2) is 9.97 Å². The van der Waals surface area contributed by atoms with Crippen LogP contribution in [-0.2, 0) is 11.3 Å². The summed E-state index contributed by atoms with van der Waals surface area (Å²) >= 11 is 7.98. The molecule has 0 aliphatic carbocycles. The summed E-state index contributed by atoms with van der Waals surface area (Å²) in [6, 6.07) is 1.75. The van der Waals surface area contributed by atoms with Gasteiger partial charge in [0.25, 0.3) is 0 Å². The van der Waals surface area contributed by atoms with E-state index < -0.39 is 0 Å². The maximum absolute atomic E-state index is 5.96. The molecule has 6 heteroatoms. The Morgan fingerprint density at radius 1 is 1.56 bits per heavy atom. The largest absolute Gasteiger partial charge is 0.377 e. The van der Waals surface area contributed by atoms with E-state index in [1.165, 1.54) is 18.6 Å². The first-order valence-corrected chi connectivity index (χ1v) is 7.38. The highest BCUT2D eigenvalue weighted by Gasteiger charge is 2.29. The summed E-state index contributed by atoms with van der Waals surface area (Å²) < 4.78 is 5.32. The van der Waals surface area contributed by atoms with E-state index in [4.69, 9.17) is 16.3 Å². The van der Waals surface area contributed by atoms with Crippen molar-refractivity contribution in [2.24, 2.45) is 0 Å². The van der Waals surface area contributed by atoms with Crippen LogP contribution in [0, 0.1) is 0 Å². The minimum atomic E-state index is 0.304. The standard InChI is InChI=1S/C12H18ClN3OS/c1-12(4-3-5-18-12)8-14-10-6-9(13)15-11(16-10)7-17-2/h6H,3-5,7-8H2,1-2H3,(H,14,15,16). The first kappa shape index (κ1) is 13.9. The molecule has 0 spiro atoms. The molecular weight excluding hydrogens is 270 g/mol. The Morgan fingerprint density at radius 2 is 2.39 bits per heavy atom. The maximum atomic E-state index is 5.96. The number of ether oxygens (including phenoxy) is 1. The number of halogens is 1. The van der Waals surface area contributed by atoms with Gasteiger partial charge in [0.1, 0.15) is 17.6 Å². The van der Waals surface area contributed by atoms with Crippen LogP contribution in [0.25, 0.3) is 0 Å². The van der Waals surface area contributed by atoms with Crippen molar-refractivity contribution in [3.05, 3.63) is 17.0 Å². The van der Waals surface area contributed by atoms with Gasteiger partial charge in [-0.1, -0.05) is 11.6 Å². The lowest BCUT2D eigenvalue weighted by Crippen LogP contribution is -2.27. The van der Waals surface area contributed by atoms with Gasteiger partial charge in [0, 0.05) is 24.5 Å². The van der Waals surface area contributed by atoms with Crippen molar-refractivity contribution in [1.29, 1.82) is 0 Å². The quantitative estimate of drug-likeness (QED) is 0.844. The highest BCUT2D eigenvalue weighted by atomic mass is 35.5. The van der Waals surface area contributed by atoms with Gasteiger partial charge in [-0.15, -0.1) is 0 Å². The van der Waals surface area contributed by atoms with Gasteiger partial charge >= 0.3 is 0 Å². The number of hydrogen-bond acceptors (Lipinski definition) is 5. The SMILES string of the molecule is COCc1nc(Cl)cc(NCC2(C)CCCS2)n1. The molecule has 1 aromatic heterocycles. The smallest absolute Gasteiger partial charge is 0.158 e. The van der Waals surface area contributed by atoms with Crippen LogP contribution in [0.1, 0.15) is 25.6 Å². The van der Waals surface area contributed by atoms with Gasteiger partial charge in [-0.05, 0) is 25.5 Å². The van der Waals surface area contributed by atoms with Crippen LogP contribution in [0.5, 0.6) is 0 Å².